The summed E-state index contributed by atoms with van der Waals surface area (Å²) in [5.74, 6) is 0. The molecular formula is C7H8N4. The standard InChI is InChI=1S/C7H8N4/c1-2-6-3-4-7-8-9-10-11(7)5-6/h3-5H,2H2,1H3. The van der Waals surface area contributed by atoms with E-state index in [-0.39, 0.29) is 0 Å². The molecule has 0 aliphatic carbocycles. The van der Waals surface area contributed by atoms with Crippen molar-refractivity contribution in [2.45, 2.75) is 13.3 Å². The van der Waals surface area contributed by atoms with E-state index >= 15 is 0 Å². The number of hydrogen-bond acceptors (Lipinski definition) is 3. The molecule has 0 aliphatic heterocycles. The monoisotopic (exact) mass is 148 g/mol. The number of aromatic nitrogens is 4. The summed E-state index contributed by atoms with van der Waals surface area (Å²) in [7, 11) is 0. The van der Waals surface area contributed by atoms with Crippen molar-refractivity contribution in [3.05, 3.63) is 23.9 Å². The Morgan fingerprint density at radius 2 is 2.36 bits per heavy atom. The minimum absolute atomic E-state index is 0.794. The average Bonchev–Trinajstić information content (AvgIpc) is 2.50. The molecule has 0 saturated carbocycles. The Morgan fingerprint density at radius 1 is 1.45 bits per heavy atom. The maximum absolute atomic E-state index is 3.80. The Balaban J connectivity index is 2.67. The van der Waals surface area contributed by atoms with Gasteiger partial charge in [-0.05, 0) is 28.5 Å². The Hall–Kier alpha value is -1.45. The van der Waals surface area contributed by atoms with Crippen LogP contribution < -0.4 is 0 Å². The van der Waals surface area contributed by atoms with Gasteiger partial charge < -0.3 is 0 Å². The smallest absolute Gasteiger partial charge is 0.179 e. The molecule has 0 aromatic carbocycles. The molecule has 2 aromatic heterocycles. The molecule has 0 spiro atoms. The second kappa shape index (κ2) is 2.30. The van der Waals surface area contributed by atoms with Gasteiger partial charge >= 0.3 is 0 Å². The van der Waals surface area contributed by atoms with E-state index in [0.29, 0.717) is 0 Å². The van der Waals surface area contributed by atoms with Crippen LogP contribution in [0.1, 0.15) is 12.5 Å². The number of hydrogen-bond donors (Lipinski definition) is 0. The second-order valence-electron chi connectivity index (χ2n) is 2.37. The van der Waals surface area contributed by atoms with Gasteiger partial charge in [0, 0.05) is 6.20 Å². The highest BCUT2D eigenvalue weighted by Gasteiger charge is 1.95. The van der Waals surface area contributed by atoms with Gasteiger partial charge in [0.1, 0.15) is 0 Å². The summed E-state index contributed by atoms with van der Waals surface area (Å²) in [5, 5.41) is 11.1. The molecule has 0 bridgehead atoms. The van der Waals surface area contributed by atoms with Crippen molar-refractivity contribution in [2.24, 2.45) is 0 Å². The first kappa shape index (κ1) is 6.27. The third kappa shape index (κ3) is 0.960. The molecule has 2 aromatic rings. The maximum atomic E-state index is 3.80. The first-order chi connectivity index (χ1) is 5.40. The Labute approximate surface area is 63.8 Å². The highest BCUT2D eigenvalue weighted by Crippen LogP contribution is 2.01. The molecule has 11 heavy (non-hydrogen) atoms. The Bertz CT molecular complexity index is 365. The van der Waals surface area contributed by atoms with Crippen molar-refractivity contribution < 1.29 is 0 Å². The fourth-order valence-electron chi connectivity index (χ4n) is 0.993. The Morgan fingerprint density at radius 3 is 3.18 bits per heavy atom. The van der Waals surface area contributed by atoms with Crippen LogP contribution in [0.5, 0.6) is 0 Å². The van der Waals surface area contributed by atoms with Crippen molar-refractivity contribution in [3.63, 3.8) is 0 Å². The van der Waals surface area contributed by atoms with Gasteiger partial charge in [-0.3, -0.25) is 0 Å². The van der Waals surface area contributed by atoms with Gasteiger partial charge in [-0.15, -0.1) is 5.10 Å². The topological polar surface area (TPSA) is 43.1 Å². The molecule has 2 heterocycles. The van der Waals surface area contributed by atoms with E-state index < -0.39 is 0 Å². The molecular weight excluding hydrogens is 140 g/mol. The second-order valence-corrected chi connectivity index (χ2v) is 2.37. The van der Waals surface area contributed by atoms with E-state index in [0.717, 1.165) is 12.1 Å². The molecule has 0 saturated heterocycles. The summed E-state index contributed by atoms with van der Waals surface area (Å²) < 4.78 is 1.68. The lowest BCUT2D eigenvalue weighted by Gasteiger charge is -1.93. The third-order valence-electron chi connectivity index (χ3n) is 1.66. The lowest BCUT2D eigenvalue weighted by molar-refractivity contribution is 0.817. The van der Waals surface area contributed by atoms with Gasteiger partial charge in [0.25, 0.3) is 0 Å². The number of rotatable bonds is 1. The van der Waals surface area contributed by atoms with Crippen LogP contribution in [0.4, 0.5) is 0 Å². The number of aryl methyl sites for hydroxylation is 1. The van der Waals surface area contributed by atoms with Crippen molar-refractivity contribution in [3.8, 4) is 0 Å². The molecule has 0 atom stereocenters. The van der Waals surface area contributed by atoms with Crippen LogP contribution in [-0.4, -0.2) is 20.0 Å². The van der Waals surface area contributed by atoms with E-state index in [9.17, 15) is 0 Å². The normalized spacial score (nSPS) is 10.6. The summed E-state index contributed by atoms with van der Waals surface area (Å²) in [6.45, 7) is 2.10. The highest BCUT2D eigenvalue weighted by atomic mass is 15.5. The summed E-state index contributed by atoms with van der Waals surface area (Å²) in [6.07, 6.45) is 2.95. The number of nitrogens with zero attached hydrogens (tertiary/aromatic N) is 4. The summed E-state index contributed by atoms with van der Waals surface area (Å²) in [6, 6.07) is 3.95. The zero-order valence-corrected chi connectivity index (χ0v) is 6.23. The zero-order chi connectivity index (χ0) is 7.68. The van der Waals surface area contributed by atoms with Crippen molar-refractivity contribution in [1.29, 1.82) is 0 Å². The van der Waals surface area contributed by atoms with E-state index in [4.69, 9.17) is 0 Å². The SMILES string of the molecule is CCc1ccc2nnnn2c1. The van der Waals surface area contributed by atoms with Crippen LogP contribution in [0.25, 0.3) is 5.65 Å². The molecule has 4 heteroatoms. The van der Waals surface area contributed by atoms with Crippen LogP contribution in [0.3, 0.4) is 0 Å². The van der Waals surface area contributed by atoms with Gasteiger partial charge in [0.05, 0.1) is 0 Å². The van der Waals surface area contributed by atoms with E-state index in [2.05, 4.69) is 22.4 Å². The van der Waals surface area contributed by atoms with Gasteiger partial charge in [-0.1, -0.05) is 13.0 Å². The molecule has 0 aliphatic rings. The zero-order valence-electron chi connectivity index (χ0n) is 6.23. The predicted molar refractivity (Wildman–Crippen MR) is 40.2 cm³/mol. The van der Waals surface area contributed by atoms with Crippen molar-refractivity contribution in [2.75, 3.05) is 0 Å². The minimum Gasteiger partial charge on any atom is -0.200 e. The van der Waals surface area contributed by atoms with E-state index in [1.807, 2.05) is 18.3 Å². The first-order valence-electron chi connectivity index (χ1n) is 3.57. The Kier molecular flexibility index (Phi) is 1.31. The highest BCUT2D eigenvalue weighted by molar-refractivity contribution is 5.36. The molecule has 56 valence electrons. The molecule has 0 amide bonds. The van der Waals surface area contributed by atoms with Crippen LogP contribution in [-0.2, 0) is 6.42 Å². The lowest BCUT2D eigenvalue weighted by Crippen LogP contribution is -1.89. The number of fused-ring (bicyclic) bond motifs is 1. The van der Waals surface area contributed by atoms with Gasteiger partial charge in [-0.2, -0.15) is 0 Å². The van der Waals surface area contributed by atoms with Crippen LogP contribution in [0, 0.1) is 0 Å². The van der Waals surface area contributed by atoms with E-state index in [1.54, 1.807) is 4.52 Å². The molecule has 0 unspecified atom stereocenters. The van der Waals surface area contributed by atoms with E-state index in [1.165, 1.54) is 5.56 Å². The van der Waals surface area contributed by atoms with Crippen molar-refractivity contribution in [1.82, 2.24) is 20.0 Å². The third-order valence-corrected chi connectivity index (χ3v) is 1.66. The fraction of sp³-hybridized carbons (Fsp3) is 0.286. The van der Waals surface area contributed by atoms with Gasteiger partial charge in [-0.25, -0.2) is 4.52 Å². The molecule has 0 fully saturated rings. The molecule has 2 rings (SSSR count). The van der Waals surface area contributed by atoms with Crippen LogP contribution in [0.2, 0.25) is 0 Å². The quantitative estimate of drug-likeness (QED) is 0.597. The van der Waals surface area contributed by atoms with Crippen LogP contribution in [0.15, 0.2) is 18.3 Å². The minimum atomic E-state index is 0.794. The fourth-order valence-corrected chi connectivity index (χ4v) is 0.993. The van der Waals surface area contributed by atoms with Gasteiger partial charge in [0.2, 0.25) is 0 Å². The lowest BCUT2D eigenvalue weighted by atomic mass is 10.2. The molecule has 0 radical (unpaired) electrons. The molecule has 0 N–H and O–H groups in total. The number of tetrazole rings is 1. The largest absolute Gasteiger partial charge is 0.200 e. The summed E-state index contributed by atoms with van der Waals surface area (Å²) >= 11 is 0. The van der Waals surface area contributed by atoms with Gasteiger partial charge in [0.15, 0.2) is 5.65 Å². The average molecular weight is 148 g/mol. The summed E-state index contributed by atoms with van der Waals surface area (Å²) in [5.41, 5.74) is 2.03. The number of pyridine rings is 1. The molecule has 4 nitrogen and oxygen atoms in total. The maximum Gasteiger partial charge on any atom is 0.179 e. The summed E-state index contributed by atoms with van der Waals surface area (Å²) in [4.78, 5) is 0. The predicted octanol–water partition coefficient (Wildman–Crippen LogP) is 0.687. The van der Waals surface area contributed by atoms with Crippen molar-refractivity contribution >= 4 is 5.65 Å². The van der Waals surface area contributed by atoms with Crippen LogP contribution >= 0.6 is 0 Å². The first-order valence-corrected chi connectivity index (χ1v) is 3.57.